The maximum Gasteiger partial charge on any atom is 0.339 e. The first kappa shape index (κ1) is 11.8. The molecule has 0 fully saturated rings. The van der Waals surface area contributed by atoms with Crippen molar-refractivity contribution in [2.45, 2.75) is 6.92 Å². The van der Waals surface area contributed by atoms with Crippen LogP contribution in [0.25, 0.3) is 0 Å². The second-order valence-electron chi connectivity index (χ2n) is 3.79. The molecule has 0 radical (unpaired) electrons. The second-order valence-corrected chi connectivity index (χ2v) is 3.79. The Morgan fingerprint density at radius 3 is 2.89 bits per heavy atom. The molecule has 6 nitrogen and oxygen atoms in total. The smallest absolute Gasteiger partial charge is 0.339 e. The van der Waals surface area contributed by atoms with Gasteiger partial charge in [-0.2, -0.15) is 0 Å². The summed E-state index contributed by atoms with van der Waals surface area (Å²) in [5, 5.41) is 12.0. The summed E-state index contributed by atoms with van der Waals surface area (Å²) in [5.41, 5.74) is 7.51. The van der Waals surface area contributed by atoms with E-state index < -0.39 is 5.97 Å². The standard InChI is InChI=1S/C12H12N4O2/c1-7-2-3-14-6-10(7)16-11-9(12(17)18)4-8(13)5-15-11/h2-6H,13H2,1H3,(H,15,16)(H,17,18). The number of carboxylic acid groups (broad SMARTS) is 1. The van der Waals surface area contributed by atoms with Crippen molar-refractivity contribution in [1.82, 2.24) is 9.97 Å². The Kier molecular flexibility index (Phi) is 3.09. The quantitative estimate of drug-likeness (QED) is 0.761. The van der Waals surface area contributed by atoms with Gasteiger partial charge >= 0.3 is 5.97 Å². The minimum Gasteiger partial charge on any atom is -0.478 e. The van der Waals surface area contributed by atoms with E-state index in [-0.39, 0.29) is 11.4 Å². The first-order valence-electron chi connectivity index (χ1n) is 5.24. The molecule has 18 heavy (non-hydrogen) atoms. The maximum atomic E-state index is 11.1. The lowest BCUT2D eigenvalue weighted by Crippen LogP contribution is -2.06. The van der Waals surface area contributed by atoms with E-state index in [1.54, 1.807) is 12.4 Å². The highest BCUT2D eigenvalue weighted by atomic mass is 16.4. The van der Waals surface area contributed by atoms with Crippen molar-refractivity contribution in [1.29, 1.82) is 0 Å². The number of aryl methyl sites for hydroxylation is 1. The zero-order valence-corrected chi connectivity index (χ0v) is 9.71. The van der Waals surface area contributed by atoms with Crippen LogP contribution >= 0.6 is 0 Å². The van der Waals surface area contributed by atoms with Gasteiger partial charge in [0.2, 0.25) is 0 Å². The molecule has 0 atom stereocenters. The van der Waals surface area contributed by atoms with Crippen LogP contribution in [0.15, 0.2) is 30.7 Å². The molecule has 6 heteroatoms. The fourth-order valence-electron chi connectivity index (χ4n) is 1.47. The first-order valence-corrected chi connectivity index (χ1v) is 5.24. The number of nitrogens with one attached hydrogen (secondary N) is 1. The van der Waals surface area contributed by atoms with Crippen LogP contribution in [0.1, 0.15) is 15.9 Å². The van der Waals surface area contributed by atoms with Crippen LogP contribution in [0.2, 0.25) is 0 Å². The number of aromatic nitrogens is 2. The topological polar surface area (TPSA) is 101 Å². The van der Waals surface area contributed by atoms with E-state index in [0.717, 1.165) is 5.56 Å². The number of anilines is 3. The summed E-state index contributed by atoms with van der Waals surface area (Å²) in [4.78, 5) is 19.1. The van der Waals surface area contributed by atoms with Gasteiger partial charge in [-0.05, 0) is 24.6 Å². The van der Waals surface area contributed by atoms with Gasteiger partial charge in [-0.3, -0.25) is 4.98 Å². The van der Waals surface area contributed by atoms with E-state index in [0.29, 0.717) is 11.4 Å². The van der Waals surface area contributed by atoms with Crippen LogP contribution in [0.5, 0.6) is 0 Å². The number of aromatic carboxylic acids is 1. The zero-order chi connectivity index (χ0) is 13.1. The highest BCUT2D eigenvalue weighted by Gasteiger charge is 2.12. The molecule has 0 bridgehead atoms. The Balaban J connectivity index is 2.41. The Hall–Kier alpha value is -2.63. The summed E-state index contributed by atoms with van der Waals surface area (Å²) in [6.07, 6.45) is 4.68. The number of hydrogen-bond donors (Lipinski definition) is 3. The van der Waals surface area contributed by atoms with Crippen LogP contribution in [-0.4, -0.2) is 21.0 Å². The monoisotopic (exact) mass is 244 g/mol. The normalized spacial score (nSPS) is 10.1. The molecule has 0 aliphatic carbocycles. The van der Waals surface area contributed by atoms with Crippen LogP contribution in [0.4, 0.5) is 17.2 Å². The summed E-state index contributed by atoms with van der Waals surface area (Å²) in [6.45, 7) is 1.89. The molecule has 2 heterocycles. The molecule has 0 aromatic carbocycles. The molecule has 0 saturated carbocycles. The van der Waals surface area contributed by atoms with Crippen LogP contribution in [0, 0.1) is 6.92 Å². The fourth-order valence-corrected chi connectivity index (χ4v) is 1.47. The summed E-state index contributed by atoms with van der Waals surface area (Å²) < 4.78 is 0. The van der Waals surface area contributed by atoms with Crippen molar-refractivity contribution in [2.24, 2.45) is 0 Å². The SMILES string of the molecule is Cc1ccncc1Nc1ncc(N)cc1C(=O)O. The van der Waals surface area contributed by atoms with Crippen molar-refractivity contribution in [3.8, 4) is 0 Å². The number of carboxylic acids is 1. The van der Waals surface area contributed by atoms with E-state index in [1.165, 1.54) is 12.3 Å². The van der Waals surface area contributed by atoms with Gasteiger partial charge < -0.3 is 16.2 Å². The Labute approximate surface area is 104 Å². The van der Waals surface area contributed by atoms with Gasteiger partial charge in [0.1, 0.15) is 11.4 Å². The number of nitrogens with two attached hydrogens (primary N) is 1. The molecule has 2 aromatic rings. The molecule has 2 aromatic heterocycles. The molecule has 0 saturated heterocycles. The van der Waals surface area contributed by atoms with Crippen molar-refractivity contribution < 1.29 is 9.90 Å². The third-order valence-corrected chi connectivity index (χ3v) is 2.43. The molecular weight excluding hydrogens is 232 g/mol. The first-order chi connectivity index (χ1) is 8.58. The average Bonchev–Trinajstić information content (AvgIpc) is 2.34. The molecule has 2 rings (SSSR count). The van der Waals surface area contributed by atoms with E-state index in [1.807, 2.05) is 13.0 Å². The van der Waals surface area contributed by atoms with Crippen molar-refractivity contribution in [2.75, 3.05) is 11.1 Å². The van der Waals surface area contributed by atoms with E-state index in [2.05, 4.69) is 15.3 Å². The molecule has 4 N–H and O–H groups in total. The lowest BCUT2D eigenvalue weighted by molar-refractivity contribution is 0.0697. The summed E-state index contributed by atoms with van der Waals surface area (Å²) in [6, 6.07) is 3.18. The van der Waals surface area contributed by atoms with Crippen molar-refractivity contribution >= 4 is 23.2 Å². The maximum absolute atomic E-state index is 11.1. The van der Waals surface area contributed by atoms with Crippen molar-refractivity contribution in [3.05, 3.63) is 41.9 Å². The lowest BCUT2D eigenvalue weighted by Gasteiger charge is -2.10. The summed E-state index contributed by atoms with van der Waals surface area (Å²) in [7, 11) is 0. The number of nitrogens with zero attached hydrogens (tertiary/aromatic N) is 2. The zero-order valence-electron chi connectivity index (χ0n) is 9.71. The van der Waals surface area contributed by atoms with Gasteiger partial charge in [-0.15, -0.1) is 0 Å². The van der Waals surface area contributed by atoms with E-state index in [4.69, 9.17) is 10.8 Å². The third kappa shape index (κ3) is 2.37. The number of nitrogen functional groups attached to an aromatic ring is 1. The van der Waals surface area contributed by atoms with Crippen molar-refractivity contribution in [3.63, 3.8) is 0 Å². The molecule has 0 amide bonds. The largest absolute Gasteiger partial charge is 0.478 e. The Bertz CT molecular complexity index is 598. The number of hydrogen-bond acceptors (Lipinski definition) is 5. The Morgan fingerprint density at radius 2 is 2.22 bits per heavy atom. The molecule has 92 valence electrons. The number of pyridine rings is 2. The van der Waals surface area contributed by atoms with Gasteiger partial charge in [0.15, 0.2) is 0 Å². The van der Waals surface area contributed by atoms with E-state index in [9.17, 15) is 4.79 Å². The average molecular weight is 244 g/mol. The highest BCUT2D eigenvalue weighted by Crippen LogP contribution is 2.22. The van der Waals surface area contributed by atoms with E-state index >= 15 is 0 Å². The van der Waals surface area contributed by atoms with Gasteiger partial charge in [0.05, 0.1) is 23.8 Å². The molecular formula is C12H12N4O2. The van der Waals surface area contributed by atoms with Crippen LogP contribution < -0.4 is 11.1 Å². The summed E-state index contributed by atoms with van der Waals surface area (Å²) >= 11 is 0. The minimum absolute atomic E-state index is 0.0262. The number of rotatable bonds is 3. The van der Waals surface area contributed by atoms with Crippen LogP contribution in [-0.2, 0) is 0 Å². The predicted molar refractivity (Wildman–Crippen MR) is 67.9 cm³/mol. The molecule has 0 aliphatic rings. The minimum atomic E-state index is -1.08. The second kappa shape index (κ2) is 4.70. The van der Waals surface area contributed by atoms with Gasteiger partial charge in [0, 0.05) is 6.20 Å². The third-order valence-electron chi connectivity index (χ3n) is 2.43. The molecule has 0 unspecified atom stereocenters. The lowest BCUT2D eigenvalue weighted by atomic mass is 10.2. The predicted octanol–water partition coefficient (Wildman–Crippen LogP) is 1.81. The molecule has 0 aliphatic heterocycles. The van der Waals surface area contributed by atoms with Gasteiger partial charge in [-0.25, -0.2) is 9.78 Å². The Morgan fingerprint density at radius 1 is 1.44 bits per heavy atom. The fraction of sp³-hybridized carbons (Fsp3) is 0.0833. The summed E-state index contributed by atoms with van der Waals surface area (Å²) in [5.74, 6) is -0.841. The highest BCUT2D eigenvalue weighted by molar-refractivity contribution is 5.95. The van der Waals surface area contributed by atoms with Crippen LogP contribution in [0.3, 0.4) is 0 Å². The number of carbonyl (C=O) groups is 1. The van der Waals surface area contributed by atoms with Gasteiger partial charge in [0.25, 0.3) is 0 Å². The molecule has 0 spiro atoms. The van der Waals surface area contributed by atoms with Gasteiger partial charge in [-0.1, -0.05) is 0 Å².